The standard InChI is InChI=1S/C15H29N3O2/c1-10-13(5-4-6-14(10)16)15(20)18-9-12(19)7-11(18)8-17(2)3/h10-14,19H,4-9,16H2,1-3H3. The largest absolute Gasteiger partial charge is 0.391 e. The van der Waals surface area contributed by atoms with Crippen molar-refractivity contribution in [1.29, 1.82) is 0 Å². The van der Waals surface area contributed by atoms with Gasteiger partial charge in [-0.05, 0) is 39.3 Å². The van der Waals surface area contributed by atoms with Crippen LogP contribution < -0.4 is 5.73 Å². The molecule has 0 radical (unpaired) electrons. The Kier molecular flexibility index (Phi) is 5.04. The third kappa shape index (κ3) is 3.32. The highest BCUT2D eigenvalue weighted by molar-refractivity contribution is 5.80. The zero-order chi connectivity index (χ0) is 14.9. The van der Waals surface area contributed by atoms with Crippen molar-refractivity contribution in [1.82, 2.24) is 9.80 Å². The number of likely N-dealkylation sites (tertiary alicyclic amines) is 1. The first-order valence-corrected chi connectivity index (χ1v) is 7.79. The van der Waals surface area contributed by atoms with E-state index in [-0.39, 0.29) is 35.9 Å². The van der Waals surface area contributed by atoms with Crippen molar-refractivity contribution in [3.63, 3.8) is 0 Å². The highest BCUT2D eigenvalue weighted by Gasteiger charge is 2.41. The molecule has 2 rings (SSSR count). The van der Waals surface area contributed by atoms with Gasteiger partial charge in [-0.15, -0.1) is 0 Å². The Bertz CT molecular complexity index is 348. The lowest BCUT2D eigenvalue weighted by molar-refractivity contribution is -0.140. The maximum Gasteiger partial charge on any atom is 0.226 e. The first-order chi connectivity index (χ1) is 9.40. The molecule has 5 atom stereocenters. The number of likely N-dealkylation sites (N-methyl/N-ethyl adjacent to an activating group) is 1. The number of amides is 1. The van der Waals surface area contributed by atoms with Crippen molar-refractivity contribution in [3.05, 3.63) is 0 Å². The van der Waals surface area contributed by atoms with Crippen molar-refractivity contribution >= 4 is 5.91 Å². The number of carbonyl (C=O) groups is 1. The number of nitrogens with two attached hydrogens (primary N) is 1. The van der Waals surface area contributed by atoms with Crippen molar-refractivity contribution in [2.45, 2.75) is 50.8 Å². The van der Waals surface area contributed by atoms with Gasteiger partial charge in [-0.25, -0.2) is 0 Å². The van der Waals surface area contributed by atoms with Gasteiger partial charge in [-0.2, -0.15) is 0 Å². The summed E-state index contributed by atoms with van der Waals surface area (Å²) in [4.78, 5) is 16.8. The molecule has 5 heteroatoms. The smallest absolute Gasteiger partial charge is 0.226 e. The van der Waals surface area contributed by atoms with Crippen LogP contribution in [0.1, 0.15) is 32.6 Å². The Morgan fingerprint density at radius 2 is 2.10 bits per heavy atom. The minimum atomic E-state index is -0.378. The Balaban J connectivity index is 2.06. The van der Waals surface area contributed by atoms with E-state index in [1.54, 1.807) is 0 Å². The predicted molar refractivity (Wildman–Crippen MR) is 79.2 cm³/mol. The van der Waals surface area contributed by atoms with Crippen molar-refractivity contribution in [3.8, 4) is 0 Å². The fourth-order valence-corrected chi connectivity index (χ4v) is 3.72. The molecule has 20 heavy (non-hydrogen) atoms. The van der Waals surface area contributed by atoms with Crippen LogP contribution in [-0.4, -0.2) is 66.2 Å². The molecule has 116 valence electrons. The average molecular weight is 283 g/mol. The lowest BCUT2D eigenvalue weighted by atomic mass is 9.76. The van der Waals surface area contributed by atoms with Crippen LogP contribution in [-0.2, 0) is 4.79 Å². The summed E-state index contributed by atoms with van der Waals surface area (Å²) in [5.74, 6) is 0.485. The maximum atomic E-state index is 12.8. The van der Waals surface area contributed by atoms with Gasteiger partial charge in [-0.1, -0.05) is 13.3 Å². The molecular weight excluding hydrogens is 254 g/mol. The van der Waals surface area contributed by atoms with Gasteiger partial charge in [0, 0.05) is 31.1 Å². The van der Waals surface area contributed by atoms with E-state index in [4.69, 9.17) is 5.73 Å². The first kappa shape index (κ1) is 15.7. The molecule has 5 unspecified atom stereocenters. The predicted octanol–water partition coefficient (Wildman–Crippen LogP) is 0.273. The van der Waals surface area contributed by atoms with E-state index in [0.29, 0.717) is 13.0 Å². The molecular formula is C15H29N3O2. The molecule has 0 spiro atoms. The molecule has 1 heterocycles. The lowest BCUT2D eigenvalue weighted by Crippen LogP contribution is -2.49. The summed E-state index contributed by atoms with van der Waals surface area (Å²) in [7, 11) is 4.01. The van der Waals surface area contributed by atoms with E-state index >= 15 is 0 Å². The summed E-state index contributed by atoms with van der Waals surface area (Å²) in [5.41, 5.74) is 6.12. The average Bonchev–Trinajstić information content (AvgIpc) is 2.72. The summed E-state index contributed by atoms with van der Waals surface area (Å²) in [6.45, 7) is 3.39. The number of β-amino-alcohol motifs (C(OH)–C–C–N with tert-alkyl or cyclic N) is 1. The van der Waals surface area contributed by atoms with Gasteiger partial charge < -0.3 is 20.6 Å². The number of aliphatic hydroxyl groups excluding tert-OH is 1. The molecule has 1 amide bonds. The third-order valence-electron chi connectivity index (χ3n) is 4.93. The molecule has 0 aromatic carbocycles. The van der Waals surface area contributed by atoms with Crippen LogP contribution in [0, 0.1) is 11.8 Å². The van der Waals surface area contributed by atoms with Crippen LogP contribution in [0.4, 0.5) is 0 Å². The first-order valence-electron chi connectivity index (χ1n) is 7.79. The van der Waals surface area contributed by atoms with Gasteiger partial charge in [0.1, 0.15) is 0 Å². The second-order valence-corrected chi connectivity index (χ2v) is 6.86. The molecule has 1 aliphatic heterocycles. The molecule has 1 saturated carbocycles. The van der Waals surface area contributed by atoms with Gasteiger partial charge in [0.15, 0.2) is 0 Å². The van der Waals surface area contributed by atoms with Crippen LogP contribution in [0.15, 0.2) is 0 Å². The summed E-state index contributed by atoms with van der Waals surface area (Å²) in [6.07, 6.45) is 3.31. The summed E-state index contributed by atoms with van der Waals surface area (Å²) in [6, 6.07) is 0.273. The lowest BCUT2D eigenvalue weighted by Gasteiger charge is -2.37. The van der Waals surface area contributed by atoms with Gasteiger partial charge in [0.25, 0.3) is 0 Å². The molecule has 1 saturated heterocycles. The van der Waals surface area contributed by atoms with Gasteiger partial charge >= 0.3 is 0 Å². The highest BCUT2D eigenvalue weighted by Crippen LogP contribution is 2.32. The zero-order valence-electron chi connectivity index (χ0n) is 13.0. The fourth-order valence-electron chi connectivity index (χ4n) is 3.72. The second-order valence-electron chi connectivity index (χ2n) is 6.86. The normalized spacial score (nSPS) is 38.5. The van der Waals surface area contributed by atoms with E-state index in [1.807, 2.05) is 19.0 Å². The van der Waals surface area contributed by atoms with Crippen molar-refractivity contribution in [2.75, 3.05) is 27.2 Å². The quantitative estimate of drug-likeness (QED) is 0.780. The van der Waals surface area contributed by atoms with Crippen LogP contribution in [0.3, 0.4) is 0 Å². The monoisotopic (exact) mass is 283 g/mol. The molecule has 3 N–H and O–H groups in total. The number of aliphatic hydroxyl groups is 1. The number of hydrogen-bond acceptors (Lipinski definition) is 4. The van der Waals surface area contributed by atoms with Crippen molar-refractivity contribution in [2.24, 2.45) is 17.6 Å². The van der Waals surface area contributed by atoms with E-state index in [2.05, 4.69) is 11.8 Å². The molecule has 2 aliphatic rings. The number of hydrogen-bond donors (Lipinski definition) is 2. The van der Waals surface area contributed by atoms with Gasteiger partial charge in [0.05, 0.1) is 6.10 Å². The number of nitrogens with zero attached hydrogens (tertiary/aromatic N) is 2. The Morgan fingerprint density at radius 1 is 1.40 bits per heavy atom. The zero-order valence-corrected chi connectivity index (χ0v) is 13.0. The summed E-state index contributed by atoms with van der Waals surface area (Å²) < 4.78 is 0. The molecule has 0 aromatic rings. The van der Waals surface area contributed by atoms with E-state index < -0.39 is 0 Å². The maximum absolute atomic E-state index is 12.8. The van der Waals surface area contributed by atoms with E-state index in [1.165, 1.54) is 0 Å². The van der Waals surface area contributed by atoms with Crippen LogP contribution in [0.5, 0.6) is 0 Å². The highest BCUT2D eigenvalue weighted by atomic mass is 16.3. The number of rotatable bonds is 3. The summed E-state index contributed by atoms with van der Waals surface area (Å²) in [5, 5.41) is 9.91. The Labute approximate surface area is 122 Å². The topological polar surface area (TPSA) is 69.8 Å². The second kappa shape index (κ2) is 6.41. The Morgan fingerprint density at radius 3 is 2.75 bits per heavy atom. The minimum Gasteiger partial charge on any atom is -0.391 e. The van der Waals surface area contributed by atoms with Crippen LogP contribution >= 0.6 is 0 Å². The number of carbonyl (C=O) groups excluding carboxylic acids is 1. The molecule has 0 bridgehead atoms. The SMILES string of the molecule is CC1C(N)CCCC1C(=O)N1CC(O)CC1CN(C)C. The van der Waals surface area contributed by atoms with E-state index in [9.17, 15) is 9.90 Å². The van der Waals surface area contributed by atoms with Crippen LogP contribution in [0.2, 0.25) is 0 Å². The van der Waals surface area contributed by atoms with Crippen LogP contribution in [0.25, 0.3) is 0 Å². The molecule has 0 aromatic heterocycles. The molecule has 2 fully saturated rings. The third-order valence-corrected chi connectivity index (χ3v) is 4.93. The Hall–Kier alpha value is -0.650. The van der Waals surface area contributed by atoms with Gasteiger partial charge in [-0.3, -0.25) is 4.79 Å². The van der Waals surface area contributed by atoms with Crippen molar-refractivity contribution < 1.29 is 9.90 Å². The summed E-state index contributed by atoms with van der Waals surface area (Å²) >= 11 is 0. The fraction of sp³-hybridized carbons (Fsp3) is 0.933. The molecule has 1 aliphatic carbocycles. The molecule has 5 nitrogen and oxygen atoms in total. The van der Waals surface area contributed by atoms with Gasteiger partial charge in [0.2, 0.25) is 5.91 Å². The minimum absolute atomic E-state index is 0.0358. The van der Waals surface area contributed by atoms with E-state index in [0.717, 1.165) is 25.8 Å².